The van der Waals surface area contributed by atoms with Gasteiger partial charge in [-0.2, -0.15) is 0 Å². The van der Waals surface area contributed by atoms with E-state index in [4.69, 9.17) is 4.74 Å². The molecule has 1 aliphatic heterocycles. The average Bonchev–Trinajstić information content (AvgIpc) is 2.23. The number of nitrogens with zero attached hydrogens (tertiary/aromatic N) is 1. The van der Waals surface area contributed by atoms with Gasteiger partial charge in [0.2, 0.25) is 0 Å². The predicted molar refractivity (Wildman–Crippen MR) is 62.0 cm³/mol. The van der Waals surface area contributed by atoms with Gasteiger partial charge in [0.1, 0.15) is 0 Å². The van der Waals surface area contributed by atoms with E-state index in [0.29, 0.717) is 6.04 Å². The van der Waals surface area contributed by atoms with Crippen LogP contribution in [0.2, 0.25) is 0 Å². The van der Waals surface area contributed by atoms with Crippen molar-refractivity contribution in [3.05, 3.63) is 34.4 Å². The van der Waals surface area contributed by atoms with Crippen molar-refractivity contribution in [2.75, 3.05) is 20.7 Å². The number of benzene rings is 1. The molecular formula is C13H19NO. The molecule has 0 saturated heterocycles. The monoisotopic (exact) mass is 205 g/mol. The lowest BCUT2D eigenvalue weighted by molar-refractivity contribution is 0.0502. The maximum absolute atomic E-state index is 5.62. The van der Waals surface area contributed by atoms with Crippen LogP contribution in [-0.4, -0.2) is 25.6 Å². The number of rotatable bonds is 1. The van der Waals surface area contributed by atoms with Crippen LogP contribution < -0.4 is 0 Å². The maximum Gasteiger partial charge on any atom is 0.0721 e. The Bertz CT molecular complexity index is 371. The van der Waals surface area contributed by atoms with Crippen molar-refractivity contribution in [2.45, 2.75) is 26.5 Å². The summed E-state index contributed by atoms with van der Waals surface area (Å²) >= 11 is 0. The number of fused-ring (bicyclic) bond motifs is 1. The highest BCUT2D eigenvalue weighted by atomic mass is 16.5. The zero-order valence-corrected chi connectivity index (χ0v) is 10.0. The van der Waals surface area contributed by atoms with E-state index in [1.807, 2.05) is 0 Å². The first-order chi connectivity index (χ1) is 7.11. The number of ether oxygens (including phenoxy) is 1. The standard InChI is InChI=1S/C13H19NO/c1-9-5-6-11-7-15-8-12(14(3)4)13(11)10(9)2/h5-6,12H,7-8H2,1-4H3. The molecule has 0 saturated carbocycles. The van der Waals surface area contributed by atoms with Crippen LogP contribution >= 0.6 is 0 Å². The molecule has 2 rings (SSSR count). The van der Waals surface area contributed by atoms with Crippen LogP contribution in [0.4, 0.5) is 0 Å². The molecule has 15 heavy (non-hydrogen) atoms. The highest BCUT2D eigenvalue weighted by molar-refractivity contribution is 5.42. The summed E-state index contributed by atoms with van der Waals surface area (Å²) < 4.78 is 5.62. The van der Waals surface area contributed by atoms with Crippen molar-refractivity contribution < 1.29 is 4.74 Å². The van der Waals surface area contributed by atoms with Crippen molar-refractivity contribution in [3.8, 4) is 0 Å². The summed E-state index contributed by atoms with van der Waals surface area (Å²) in [5.74, 6) is 0. The van der Waals surface area contributed by atoms with Crippen molar-refractivity contribution in [3.63, 3.8) is 0 Å². The Kier molecular flexibility index (Phi) is 2.81. The lowest BCUT2D eigenvalue weighted by atomic mass is 9.91. The molecule has 0 N–H and O–H groups in total. The summed E-state index contributed by atoms with van der Waals surface area (Å²) in [6.45, 7) is 5.97. The topological polar surface area (TPSA) is 12.5 Å². The predicted octanol–water partition coefficient (Wildman–Crippen LogP) is 2.44. The molecule has 2 nitrogen and oxygen atoms in total. The average molecular weight is 205 g/mol. The van der Waals surface area contributed by atoms with E-state index >= 15 is 0 Å². The molecule has 1 aliphatic rings. The number of hydrogen-bond donors (Lipinski definition) is 0. The third-order valence-corrected chi connectivity index (χ3v) is 3.37. The summed E-state index contributed by atoms with van der Waals surface area (Å²) in [6, 6.07) is 4.80. The first kappa shape index (κ1) is 10.7. The van der Waals surface area contributed by atoms with Gasteiger partial charge in [0.05, 0.1) is 19.3 Å². The Labute approximate surface area is 91.9 Å². The Hall–Kier alpha value is -0.860. The van der Waals surface area contributed by atoms with E-state index in [1.165, 1.54) is 22.3 Å². The molecule has 0 amide bonds. The van der Waals surface area contributed by atoms with Crippen LogP contribution in [0.1, 0.15) is 28.3 Å². The second kappa shape index (κ2) is 3.95. The van der Waals surface area contributed by atoms with Gasteiger partial charge < -0.3 is 9.64 Å². The molecule has 1 aromatic carbocycles. The highest BCUT2D eigenvalue weighted by Gasteiger charge is 2.24. The summed E-state index contributed by atoms with van der Waals surface area (Å²) in [5, 5.41) is 0. The van der Waals surface area contributed by atoms with Crippen LogP contribution in [0.15, 0.2) is 12.1 Å². The molecule has 82 valence electrons. The molecule has 0 aromatic heterocycles. The molecule has 2 heteroatoms. The zero-order chi connectivity index (χ0) is 11.0. The van der Waals surface area contributed by atoms with E-state index in [0.717, 1.165) is 13.2 Å². The quantitative estimate of drug-likeness (QED) is 0.698. The molecule has 1 unspecified atom stereocenters. The fourth-order valence-corrected chi connectivity index (χ4v) is 2.25. The lowest BCUT2D eigenvalue weighted by Gasteiger charge is -2.32. The summed E-state index contributed by atoms with van der Waals surface area (Å²) in [4.78, 5) is 2.24. The van der Waals surface area contributed by atoms with Gasteiger partial charge in [0.15, 0.2) is 0 Å². The fourth-order valence-electron chi connectivity index (χ4n) is 2.25. The number of hydrogen-bond acceptors (Lipinski definition) is 2. The molecule has 0 bridgehead atoms. The molecule has 0 radical (unpaired) electrons. The Morgan fingerprint density at radius 2 is 2.00 bits per heavy atom. The summed E-state index contributed by atoms with van der Waals surface area (Å²) in [5.41, 5.74) is 5.63. The minimum absolute atomic E-state index is 0.411. The summed E-state index contributed by atoms with van der Waals surface area (Å²) in [6.07, 6.45) is 0. The van der Waals surface area contributed by atoms with Crippen LogP contribution in [-0.2, 0) is 11.3 Å². The molecule has 0 fully saturated rings. The first-order valence-corrected chi connectivity index (χ1v) is 5.44. The van der Waals surface area contributed by atoms with E-state index < -0.39 is 0 Å². The van der Waals surface area contributed by atoms with Crippen molar-refractivity contribution >= 4 is 0 Å². The molecule has 0 spiro atoms. The molecule has 1 atom stereocenters. The Morgan fingerprint density at radius 1 is 1.27 bits per heavy atom. The van der Waals surface area contributed by atoms with Gasteiger partial charge in [-0.15, -0.1) is 0 Å². The van der Waals surface area contributed by atoms with Crippen LogP contribution in [0.25, 0.3) is 0 Å². The van der Waals surface area contributed by atoms with Gasteiger partial charge >= 0.3 is 0 Å². The minimum Gasteiger partial charge on any atom is -0.375 e. The fraction of sp³-hybridized carbons (Fsp3) is 0.538. The lowest BCUT2D eigenvalue weighted by Crippen LogP contribution is -2.29. The van der Waals surface area contributed by atoms with Crippen LogP contribution in [0.5, 0.6) is 0 Å². The van der Waals surface area contributed by atoms with Gasteiger partial charge in [-0.3, -0.25) is 0 Å². The molecule has 1 heterocycles. The van der Waals surface area contributed by atoms with Gasteiger partial charge in [-0.1, -0.05) is 12.1 Å². The smallest absolute Gasteiger partial charge is 0.0721 e. The highest BCUT2D eigenvalue weighted by Crippen LogP contribution is 2.32. The van der Waals surface area contributed by atoms with Crippen molar-refractivity contribution in [1.82, 2.24) is 4.90 Å². The largest absolute Gasteiger partial charge is 0.375 e. The van der Waals surface area contributed by atoms with E-state index in [2.05, 4.69) is 45.0 Å². The second-order valence-corrected chi connectivity index (χ2v) is 4.57. The van der Waals surface area contributed by atoms with E-state index in [9.17, 15) is 0 Å². The van der Waals surface area contributed by atoms with Crippen LogP contribution in [0, 0.1) is 13.8 Å². The van der Waals surface area contributed by atoms with E-state index in [1.54, 1.807) is 0 Å². The SMILES string of the molecule is Cc1ccc2c(c1C)C(N(C)C)COC2. The minimum atomic E-state index is 0.411. The second-order valence-electron chi connectivity index (χ2n) is 4.57. The third kappa shape index (κ3) is 1.80. The zero-order valence-electron chi connectivity index (χ0n) is 10.0. The van der Waals surface area contributed by atoms with Gasteiger partial charge in [-0.25, -0.2) is 0 Å². The number of likely N-dealkylation sites (N-methyl/N-ethyl adjacent to an activating group) is 1. The Balaban J connectivity index is 2.53. The molecule has 1 aromatic rings. The summed E-state index contributed by atoms with van der Waals surface area (Å²) in [7, 11) is 4.23. The van der Waals surface area contributed by atoms with Gasteiger partial charge in [0.25, 0.3) is 0 Å². The van der Waals surface area contributed by atoms with Crippen LogP contribution in [0.3, 0.4) is 0 Å². The maximum atomic E-state index is 5.62. The Morgan fingerprint density at radius 3 is 2.67 bits per heavy atom. The van der Waals surface area contributed by atoms with Gasteiger partial charge in [-0.05, 0) is 50.2 Å². The van der Waals surface area contributed by atoms with Crippen molar-refractivity contribution in [2.24, 2.45) is 0 Å². The van der Waals surface area contributed by atoms with Crippen molar-refractivity contribution in [1.29, 1.82) is 0 Å². The third-order valence-electron chi connectivity index (χ3n) is 3.37. The first-order valence-electron chi connectivity index (χ1n) is 5.44. The van der Waals surface area contributed by atoms with Gasteiger partial charge in [0, 0.05) is 0 Å². The van der Waals surface area contributed by atoms with E-state index in [-0.39, 0.29) is 0 Å². The molecule has 0 aliphatic carbocycles. The molecular weight excluding hydrogens is 186 g/mol. The normalized spacial score (nSPS) is 20.5. The number of aryl methyl sites for hydroxylation is 1.